The molecule has 0 aliphatic heterocycles. The first-order valence-corrected chi connectivity index (χ1v) is 8.56. The van der Waals surface area contributed by atoms with E-state index >= 15 is 0 Å². The number of aromatic amines is 1. The first-order chi connectivity index (χ1) is 12.8. The van der Waals surface area contributed by atoms with E-state index in [1.54, 1.807) is 13.4 Å². The molecular weight excluding hydrogens is 330 g/mol. The molecule has 2 heterocycles. The number of aryl methyl sites for hydroxylation is 1. The van der Waals surface area contributed by atoms with E-state index in [2.05, 4.69) is 60.1 Å². The number of H-pyrrole nitrogens is 1. The molecule has 1 aromatic carbocycles. The van der Waals surface area contributed by atoms with Crippen LogP contribution >= 0.6 is 0 Å². The van der Waals surface area contributed by atoms with Crippen molar-refractivity contribution in [3.63, 3.8) is 0 Å². The topological polar surface area (TPSA) is 109 Å². The number of rotatable bonds is 7. The SMILES string of the molecule is CCc1nncn1CCNC(=NC)NCc1cccc(-c2ncn[nH]2)c1. The highest BCUT2D eigenvalue weighted by Gasteiger charge is 2.04. The third kappa shape index (κ3) is 4.44. The minimum atomic E-state index is 0.661. The van der Waals surface area contributed by atoms with E-state index in [1.807, 2.05) is 16.7 Å². The summed E-state index contributed by atoms with van der Waals surface area (Å²) in [6, 6.07) is 8.14. The minimum absolute atomic E-state index is 0.661. The van der Waals surface area contributed by atoms with Crippen LogP contribution in [0.3, 0.4) is 0 Å². The second-order valence-electron chi connectivity index (χ2n) is 5.68. The maximum Gasteiger partial charge on any atom is 0.191 e. The van der Waals surface area contributed by atoms with Crippen molar-refractivity contribution in [3.8, 4) is 11.4 Å². The molecule has 0 aliphatic rings. The summed E-state index contributed by atoms with van der Waals surface area (Å²) >= 11 is 0. The molecule has 0 saturated heterocycles. The highest BCUT2D eigenvalue weighted by molar-refractivity contribution is 5.79. The molecule has 0 aliphatic carbocycles. The summed E-state index contributed by atoms with van der Waals surface area (Å²) in [5.74, 6) is 2.50. The van der Waals surface area contributed by atoms with Gasteiger partial charge in [0.05, 0.1) is 0 Å². The molecule has 3 rings (SSSR count). The van der Waals surface area contributed by atoms with Crippen molar-refractivity contribution < 1.29 is 0 Å². The van der Waals surface area contributed by atoms with Gasteiger partial charge in [0.25, 0.3) is 0 Å². The maximum absolute atomic E-state index is 4.26. The van der Waals surface area contributed by atoms with Crippen LogP contribution in [0.1, 0.15) is 18.3 Å². The van der Waals surface area contributed by atoms with E-state index in [4.69, 9.17) is 0 Å². The third-order valence-corrected chi connectivity index (χ3v) is 3.96. The van der Waals surface area contributed by atoms with E-state index in [9.17, 15) is 0 Å². The van der Waals surface area contributed by atoms with Gasteiger partial charge in [-0.1, -0.05) is 25.1 Å². The number of aromatic nitrogens is 6. The lowest BCUT2D eigenvalue weighted by Crippen LogP contribution is -2.38. The smallest absolute Gasteiger partial charge is 0.191 e. The molecule has 0 radical (unpaired) electrons. The second-order valence-corrected chi connectivity index (χ2v) is 5.68. The normalized spacial score (nSPS) is 11.5. The lowest BCUT2D eigenvalue weighted by molar-refractivity contribution is 0.632. The Labute approximate surface area is 152 Å². The Morgan fingerprint density at radius 1 is 1.31 bits per heavy atom. The Kier molecular flexibility index (Phi) is 5.92. The molecular formula is C17H23N9. The van der Waals surface area contributed by atoms with Crippen LogP contribution < -0.4 is 10.6 Å². The fraction of sp³-hybridized carbons (Fsp3) is 0.353. The van der Waals surface area contributed by atoms with E-state index in [1.165, 1.54) is 6.33 Å². The average molecular weight is 353 g/mol. The molecule has 0 bridgehead atoms. The van der Waals surface area contributed by atoms with Crippen molar-refractivity contribution in [2.75, 3.05) is 13.6 Å². The quantitative estimate of drug-likeness (QED) is 0.432. The summed E-state index contributed by atoms with van der Waals surface area (Å²) in [6.45, 7) is 4.26. The van der Waals surface area contributed by atoms with E-state index in [0.29, 0.717) is 6.54 Å². The molecule has 0 amide bonds. The molecule has 136 valence electrons. The Morgan fingerprint density at radius 3 is 3.00 bits per heavy atom. The number of aliphatic imine (C=N–C) groups is 1. The van der Waals surface area contributed by atoms with Crippen LogP contribution in [0, 0.1) is 0 Å². The van der Waals surface area contributed by atoms with E-state index in [0.717, 1.165) is 48.2 Å². The molecule has 3 N–H and O–H groups in total. The Hall–Kier alpha value is -3.23. The van der Waals surface area contributed by atoms with Gasteiger partial charge in [-0.25, -0.2) is 4.98 Å². The first kappa shape index (κ1) is 17.6. The monoisotopic (exact) mass is 353 g/mol. The van der Waals surface area contributed by atoms with E-state index in [-0.39, 0.29) is 0 Å². The third-order valence-electron chi connectivity index (χ3n) is 3.96. The maximum atomic E-state index is 4.26. The fourth-order valence-corrected chi connectivity index (χ4v) is 2.61. The van der Waals surface area contributed by atoms with Crippen molar-refractivity contribution in [2.24, 2.45) is 4.99 Å². The van der Waals surface area contributed by atoms with Gasteiger partial charge in [0.2, 0.25) is 0 Å². The van der Waals surface area contributed by atoms with Gasteiger partial charge in [0.15, 0.2) is 11.8 Å². The zero-order chi connectivity index (χ0) is 18.2. The van der Waals surface area contributed by atoms with Crippen LogP contribution in [0.4, 0.5) is 0 Å². The largest absolute Gasteiger partial charge is 0.355 e. The number of hydrogen-bond acceptors (Lipinski definition) is 5. The van der Waals surface area contributed by atoms with Gasteiger partial charge in [-0.15, -0.1) is 10.2 Å². The number of nitrogens with zero attached hydrogens (tertiary/aromatic N) is 6. The van der Waals surface area contributed by atoms with Gasteiger partial charge < -0.3 is 15.2 Å². The molecule has 9 nitrogen and oxygen atoms in total. The van der Waals surface area contributed by atoms with Crippen LogP contribution in [-0.2, 0) is 19.5 Å². The molecule has 3 aromatic rings. The van der Waals surface area contributed by atoms with Gasteiger partial charge in [0.1, 0.15) is 18.5 Å². The summed E-state index contributed by atoms with van der Waals surface area (Å²) < 4.78 is 2.04. The molecule has 0 spiro atoms. The average Bonchev–Trinajstić information content (AvgIpc) is 3.36. The summed E-state index contributed by atoms with van der Waals surface area (Å²) in [7, 11) is 1.76. The fourth-order valence-electron chi connectivity index (χ4n) is 2.61. The van der Waals surface area contributed by atoms with Crippen molar-refractivity contribution in [1.82, 2.24) is 40.6 Å². The van der Waals surface area contributed by atoms with Crippen LogP contribution in [0.15, 0.2) is 41.9 Å². The van der Waals surface area contributed by atoms with E-state index < -0.39 is 0 Å². The highest BCUT2D eigenvalue weighted by Crippen LogP contribution is 2.15. The van der Waals surface area contributed by atoms with Crippen molar-refractivity contribution in [3.05, 3.63) is 48.3 Å². The van der Waals surface area contributed by atoms with Crippen LogP contribution in [0.25, 0.3) is 11.4 Å². The van der Waals surface area contributed by atoms with Crippen LogP contribution in [0.2, 0.25) is 0 Å². The molecule has 9 heteroatoms. The van der Waals surface area contributed by atoms with Crippen LogP contribution in [-0.4, -0.2) is 49.5 Å². The summed E-state index contributed by atoms with van der Waals surface area (Å²) in [6.07, 6.45) is 4.13. The molecule has 2 aromatic heterocycles. The standard InChI is InChI=1S/C17H23N9/c1-3-15-24-23-12-26(15)8-7-19-17(18-2)20-10-13-5-4-6-14(9-13)16-21-11-22-25-16/h4-6,9,11-12H,3,7-8,10H2,1-2H3,(H2,18,19,20)(H,21,22,25). The van der Waals surface area contributed by atoms with Crippen molar-refractivity contribution in [2.45, 2.75) is 26.4 Å². The molecule has 0 unspecified atom stereocenters. The Morgan fingerprint density at radius 2 is 2.23 bits per heavy atom. The lowest BCUT2D eigenvalue weighted by Gasteiger charge is -2.13. The summed E-state index contributed by atoms with van der Waals surface area (Å²) in [4.78, 5) is 8.44. The molecule has 26 heavy (non-hydrogen) atoms. The zero-order valence-corrected chi connectivity index (χ0v) is 15.0. The van der Waals surface area contributed by atoms with Gasteiger partial charge in [-0.05, 0) is 11.6 Å². The molecule has 0 saturated carbocycles. The lowest BCUT2D eigenvalue weighted by atomic mass is 10.1. The van der Waals surface area contributed by atoms with Gasteiger partial charge in [0, 0.05) is 38.7 Å². The Balaban J connectivity index is 1.51. The summed E-state index contributed by atoms with van der Waals surface area (Å²) in [5, 5.41) is 21.4. The van der Waals surface area contributed by atoms with Gasteiger partial charge in [-0.2, -0.15) is 5.10 Å². The van der Waals surface area contributed by atoms with Crippen molar-refractivity contribution in [1.29, 1.82) is 0 Å². The molecule has 0 fully saturated rings. The predicted octanol–water partition coefficient (Wildman–Crippen LogP) is 0.991. The first-order valence-electron chi connectivity index (χ1n) is 8.56. The zero-order valence-electron chi connectivity index (χ0n) is 15.0. The number of benzene rings is 1. The van der Waals surface area contributed by atoms with Gasteiger partial charge >= 0.3 is 0 Å². The minimum Gasteiger partial charge on any atom is -0.355 e. The predicted molar refractivity (Wildman–Crippen MR) is 99.4 cm³/mol. The molecule has 0 atom stereocenters. The number of nitrogens with one attached hydrogen (secondary N) is 3. The second kappa shape index (κ2) is 8.75. The van der Waals surface area contributed by atoms with Gasteiger partial charge in [-0.3, -0.25) is 10.1 Å². The van der Waals surface area contributed by atoms with Crippen LogP contribution in [0.5, 0.6) is 0 Å². The summed E-state index contributed by atoms with van der Waals surface area (Å²) in [5.41, 5.74) is 2.14. The number of hydrogen-bond donors (Lipinski definition) is 3. The number of guanidine groups is 1. The highest BCUT2D eigenvalue weighted by atomic mass is 15.3. The van der Waals surface area contributed by atoms with Crippen molar-refractivity contribution >= 4 is 5.96 Å². The Bertz CT molecular complexity index is 836.